The van der Waals surface area contributed by atoms with Crippen molar-refractivity contribution >= 4 is 11.9 Å². The number of morpholine rings is 1. The molecule has 5 rings (SSSR count). The minimum Gasteiger partial charge on any atom is -0.444 e. The lowest BCUT2D eigenvalue weighted by atomic mass is 9.61. The average Bonchev–Trinajstić information content (AvgIpc) is 2.98. The number of likely N-dealkylation sites (tertiary alicyclic amines) is 1. The summed E-state index contributed by atoms with van der Waals surface area (Å²) in [4.78, 5) is 16.6. The molecule has 0 bridgehead atoms. The minimum atomic E-state index is -0.438. The van der Waals surface area contributed by atoms with E-state index in [0.29, 0.717) is 6.04 Å². The molecule has 1 amide bonds. The number of amides is 1. The third kappa shape index (κ3) is 4.25. The molecule has 8 nitrogen and oxygen atoms in total. The molecule has 184 valence electrons. The molecule has 4 fully saturated rings. The maximum Gasteiger partial charge on any atom is 0.410 e. The fourth-order valence-electron chi connectivity index (χ4n) is 6.56. The topological polar surface area (TPSA) is 71.9 Å². The van der Waals surface area contributed by atoms with Gasteiger partial charge in [0.2, 0.25) is 0 Å². The standard InChI is InChI=1S/C25H41N5O3/c1-18-11-20(29-9-7-25(14-23(29,5)6)15-26-8-10-32-25)27-30(18)19-12-24(13-19)16-28(17-24)21(31)33-22(2,3)4/h11,19,26H,7-10,12-17H2,1-6H3. The van der Waals surface area contributed by atoms with E-state index in [9.17, 15) is 4.79 Å². The van der Waals surface area contributed by atoms with Crippen LogP contribution >= 0.6 is 0 Å². The van der Waals surface area contributed by atoms with Gasteiger partial charge < -0.3 is 24.6 Å². The van der Waals surface area contributed by atoms with Crippen molar-refractivity contribution in [2.45, 2.75) is 90.0 Å². The molecular formula is C25H41N5O3. The summed E-state index contributed by atoms with van der Waals surface area (Å²) in [6.45, 7) is 17.8. The summed E-state index contributed by atoms with van der Waals surface area (Å²) in [7, 11) is 0. The van der Waals surface area contributed by atoms with Crippen molar-refractivity contribution in [1.29, 1.82) is 0 Å². The largest absolute Gasteiger partial charge is 0.444 e. The number of carbonyl (C=O) groups excluding carboxylic acids is 1. The van der Waals surface area contributed by atoms with Crippen molar-refractivity contribution in [3.8, 4) is 0 Å². The first kappa shape index (κ1) is 23.0. The molecule has 4 heterocycles. The molecule has 2 spiro atoms. The summed E-state index contributed by atoms with van der Waals surface area (Å²) in [6.07, 6.45) is 4.02. The Morgan fingerprint density at radius 3 is 2.61 bits per heavy atom. The number of anilines is 1. The highest BCUT2D eigenvalue weighted by Crippen LogP contribution is 2.54. The number of ether oxygens (including phenoxy) is 2. The molecule has 3 aliphatic heterocycles. The molecule has 1 aromatic heterocycles. The molecule has 4 aliphatic rings. The van der Waals surface area contributed by atoms with E-state index in [1.165, 1.54) is 5.69 Å². The zero-order chi connectivity index (χ0) is 23.6. The Kier molecular flexibility index (Phi) is 5.29. The van der Waals surface area contributed by atoms with E-state index in [0.717, 1.165) is 70.8 Å². The Labute approximate surface area is 198 Å². The van der Waals surface area contributed by atoms with Crippen molar-refractivity contribution in [2.75, 3.05) is 44.2 Å². The summed E-state index contributed by atoms with van der Waals surface area (Å²) in [6, 6.07) is 2.67. The maximum absolute atomic E-state index is 12.3. The second-order valence-corrected chi connectivity index (χ2v) is 12.6. The lowest BCUT2D eigenvalue weighted by Gasteiger charge is -2.58. The van der Waals surface area contributed by atoms with Crippen LogP contribution in [0.5, 0.6) is 0 Å². The van der Waals surface area contributed by atoms with Crippen LogP contribution < -0.4 is 10.2 Å². The van der Waals surface area contributed by atoms with Crippen molar-refractivity contribution < 1.29 is 14.3 Å². The molecule has 8 heteroatoms. The highest BCUT2D eigenvalue weighted by atomic mass is 16.6. The van der Waals surface area contributed by atoms with Gasteiger partial charge in [-0.2, -0.15) is 5.10 Å². The number of rotatable bonds is 2. The van der Waals surface area contributed by atoms with Crippen molar-refractivity contribution in [1.82, 2.24) is 20.0 Å². The van der Waals surface area contributed by atoms with E-state index < -0.39 is 5.60 Å². The minimum absolute atomic E-state index is 0.00831. The Morgan fingerprint density at radius 2 is 2.00 bits per heavy atom. The summed E-state index contributed by atoms with van der Waals surface area (Å²) in [5.41, 5.74) is 0.986. The van der Waals surface area contributed by atoms with Gasteiger partial charge in [0.1, 0.15) is 5.60 Å². The quantitative estimate of drug-likeness (QED) is 0.730. The Morgan fingerprint density at radius 1 is 1.27 bits per heavy atom. The molecule has 1 aliphatic carbocycles. The predicted molar refractivity (Wildman–Crippen MR) is 128 cm³/mol. The molecule has 0 radical (unpaired) electrons. The van der Waals surface area contributed by atoms with Gasteiger partial charge in [0, 0.05) is 61.9 Å². The number of carbonyl (C=O) groups is 1. The number of piperidine rings is 1. The fraction of sp³-hybridized carbons (Fsp3) is 0.840. The second kappa shape index (κ2) is 7.60. The van der Waals surface area contributed by atoms with Crippen molar-refractivity contribution in [2.24, 2.45) is 5.41 Å². The zero-order valence-corrected chi connectivity index (χ0v) is 21.2. The van der Waals surface area contributed by atoms with Crippen molar-refractivity contribution in [3.05, 3.63) is 11.8 Å². The third-order valence-corrected chi connectivity index (χ3v) is 7.98. The summed E-state index contributed by atoms with van der Waals surface area (Å²) in [5.74, 6) is 1.08. The van der Waals surface area contributed by atoms with Gasteiger partial charge in [-0.25, -0.2) is 4.79 Å². The first-order valence-corrected chi connectivity index (χ1v) is 12.6. The number of hydrogen-bond donors (Lipinski definition) is 1. The molecule has 1 aromatic rings. The summed E-state index contributed by atoms with van der Waals surface area (Å²) in [5, 5.41) is 8.62. The Hall–Kier alpha value is -1.80. The second-order valence-electron chi connectivity index (χ2n) is 12.6. The van der Waals surface area contributed by atoms with Crippen LogP contribution in [0, 0.1) is 12.3 Å². The van der Waals surface area contributed by atoms with E-state index >= 15 is 0 Å². The summed E-state index contributed by atoms with van der Waals surface area (Å²) >= 11 is 0. The van der Waals surface area contributed by atoms with Crippen LogP contribution in [-0.2, 0) is 9.47 Å². The SMILES string of the molecule is Cc1cc(N2CCC3(CNCCO3)CC2(C)C)nn1C1CC2(C1)CN(C(=O)OC(C)(C)C)C2. The van der Waals surface area contributed by atoms with Crippen LogP contribution in [0.1, 0.15) is 72.0 Å². The number of hydrogen-bond acceptors (Lipinski definition) is 6. The molecule has 1 saturated carbocycles. The predicted octanol–water partition coefficient (Wildman–Crippen LogP) is 3.50. The van der Waals surface area contributed by atoms with E-state index in [1.807, 2.05) is 25.7 Å². The van der Waals surface area contributed by atoms with Crippen molar-refractivity contribution in [3.63, 3.8) is 0 Å². The van der Waals surface area contributed by atoms with Gasteiger partial charge in [0.15, 0.2) is 5.82 Å². The van der Waals surface area contributed by atoms with Gasteiger partial charge in [-0.05, 0) is 60.8 Å². The molecule has 3 saturated heterocycles. The lowest BCUT2D eigenvalue weighted by Crippen LogP contribution is -2.64. The van der Waals surface area contributed by atoms with Crippen LogP contribution in [0.15, 0.2) is 6.07 Å². The number of aryl methyl sites for hydroxylation is 1. The van der Waals surface area contributed by atoms with Crippen LogP contribution in [0.25, 0.3) is 0 Å². The zero-order valence-electron chi connectivity index (χ0n) is 21.2. The first-order chi connectivity index (χ1) is 15.4. The summed E-state index contributed by atoms with van der Waals surface area (Å²) < 4.78 is 14.0. The smallest absolute Gasteiger partial charge is 0.410 e. The van der Waals surface area contributed by atoms with E-state index in [-0.39, 0.29) is 22.6 Å². The maximum atomic E-state index is 12.3. The van der Waals surface area contributed by atoms with Gasteiger partial charge >= 0.3 is 6.09 Å². The third-order valence-electron chi connectivity index (χ3n) is 7.98. The molecule has 1 unspecified atom stereocenters. The van der Waals surface area contributed by atoms with Gasteiger partial charge in [-0.15, -0.1) is 0 Å². The Bertz CT molecular complexity index is 898. The van der Waals surface area contributed by atoms with E-state index in [4.69, 9.17) is 14.6 Å². The van der Waals surface area contributed by atoms with E-state index in [2.05, 4.69) is 41.7 Å². The molecular weight excluding hydrogens is 418 g/mol. The van der Waals surface area contributed by atoms with Gasteiger partial charge in [-0.3, -0.25) is 4.68 Å². The fourth-order valence-corrected chi connectivity index (χ4v) is 6.56. The van der Waals surface area contributed by atoms with E-state index in [1.54, 1.807) is 0 Å². The van der Waals surface area contributed by atoms with Gasteiger partial charge in [0.25, 0.3) is 0 Å². The highest BCUT2D eigenvalue weighted by molar-refractivity contribution is 5.69. The molecule has 1 atom stereocenters. The average molecular weight is 460 g/mol. The first-order valence-electron chi connectivity index (χ1n) is 12.6. The Balaban J connectivity index is 1.20. The highest BCUT2D eigenvalue weighted by Gasteiger charge is 2.55. The number of nitrogens with zero attached hydrogens (tertiary/aromatic N) is 4. The molecule has 0 aromatic carbocycles. The number of aromatic nitrogens is 2. The van der Waals surface area contributed by atoms with Gasteiger partial charge in [0.05, 0.1) is 18.2 Å². The van der Waals surface area contributed by atoms with Crippen LogP contribution in [0.3, 0.4) is 0 Å². The molecule has 1 N–H and O–H groups in total. The van der Waals surface area contributed by atoms with Crippen LogP contribution in [-0.4, -0.2) is 76.8 Å². The number of nitrogens with one attached hydrogen (secondary N) is 1. The monoisotopic (exact) mass is 459 g/mol. The lowest BCUT2D eigenvalue weighted by molar-refractivity contribution is -0.0957. The molecule has 33 heavy (non-hydrogen) atoms. The van der Waals surface area contributed by atoms with Gasteiger partial charge in [-0.1, -0.05) is 0 Å². The van der Waals surface area contributed by atoms with Crippen LogP contribution in [0.4, 0.5) is 10.6 Å². The van der Waals surface area contributed by atoms with Crippen LogP contribution in [0.2, 0.25) is 0 Å². The normalized spacial score (nSPS) is 29.2.